The summed E-state index contributed by atoms with van der Waals surface area (Å²) in [5.41, 5.74) is 1.26. The Morgan fingerprint density at radius 3 is 3.00 bits per heavy atom. The van der Waals surface area contributed by atoms with E-state index in [9.17, 15) is 9.90 Å². The van der Waals surface area contributed by atoms with Crippen molar-refractivity contribution < 1.29 is 9.90 Å². The first-order valence-electron chi connectivity index (χ1n) is 7.46. The molecule has 2 aromatic rings. The van der Waals surface area contributed by atoms with Gasteiger partial charge >= 0.3 is 5.97 Å². The van der Waals surface area contributed by atoms with Crippen LogP contribution in [-0.2, 0) is 17.6 Å². The Morgan fingerprint density at radius 2 is 2.32 bits per heavy atom. The van der Waals surface area contributed by atoms with Gasteiger partial charge in [0.2, 0.25) is 5.28 Å². The molecule has 3 rings (SSSR count). The summed E-state index contributed by atoms with van der Waals surface area (Å²) in [6, 6.07) is -0.674. The van der Waals surface area contributed by atoms with Gasteiger partial charge in [-0.2, -0.15) is 0 Å². The maximum atomic E-state index is 11.3. The van der Waals surface area contributed by atoms with Crippen LogP contribution in [0.4, 0.5) is 5.82 Å². The first-order valence-corrected chi connectivity index (χ1v) is 8.66. The van der Waals surface area contributed by atoms with Crippen LogP contribution in [0.2, 0.25) is 5.28 Å². The van der Waals surface area contributed by atoms with Gasteiger partial charge in [0, 0.05) is 4.88 Å². The van der Waals surface area contributed by atoms with Gasteiger partial charge in [-0.25, -0.2) is 14.8 Å². The number of nitrogens with one attached hydrogen (secondary N) is 1. The van der Waals surface area contributed by atoms with Gasteiger partial charge in [-0.1, -0.05) is 13.8 Å². The van der Waals surface area contributed by atoms with Gasteiger partial charge in [-0.3, -0.25) is 0 Å². The molecule has 118 valence electrons. The van der Waals surface area contributed by atoms with Crippen molar-refractivity contribution >= 4 is 44.9 Å². The summed E-state index contributed by atoms with van der Waals surface area (Å²) in [5, 5.41) is 13.4. The molecule has 2 heterocycles. The normalized spacial score (nSPS) is 19.0. The number of halogens is 1. The molecule has 0 saturated carbocycles. The molecule has 1 aliphatic rings. The minimum atomic E-state index is -0.886. The molecule has 2 atom stereocenters. The Morgan fingerprint density at radius 1 is 1.55 bits per heavy atom. The summed E-state index contributed by atoms with van der Waals surface area (Å²) in [6.07, 6.45) is 3.64. The highest BCUT2D eigenvalue weighted by atomic mass is 35.5. The lowest BCUT2D eigenvalue weighted by molar-refractivity contribution is -0.137. The molecule has 0 aliphatic heterocycles. The second kappa shape index (κ2) is 6.01. The number of nitrogens with zero attached hydrogens (tertiary/aromatic N) is 2. The van der Waals surface area contributed by atoms with Crippen molar-refractivity contribution in [3.05, 3.63) is 15.7 Å². The van der Waals surface area contributed by atoms with E-state index in [4.69, 9.17) is 11.6 Å². The molecule has 2 aromatic heterocycles. The van der Waals surface area contributed by atoms with E-state index in [0.717, 1.165) is 29.5 Å². The van der Waals surface area contributed by atoms with E-state index in [0.29, 0.717) is 18.2 Å². The third-order valence-electron chi connectivity index (χ3n) is 4.15. The molecule has 0 fully saturated rings. The Hall–Kier alpha value is -1.40. The fourth-order valence-electron chi connectivity index (χ4n) is 2.92. The number of rotatable bonds is 4. The number of aromatic nitrogens is 2. The number of hydrogen-bond acceptors (Lipinski definition) is 5. The first-order chi connectivity index (χ1) is 10.5. The third-order valence-corrected chi connectivity index (χ3v) is 5.46. The molecule has 0 bridgehead atoms. The number of carbonyl (C=O) groups is 1. The van der Waals surface area contributed by atoms with E-state index >= 15 is 0 Å². The van der Waals surface area contributed by atoms with Crippen LogP contribution < -0.4 is 5.32 Å². The number of anilines is 1. The van der Waals surface area contributed by atoms with E-state index in [1.54, 1.807) is 11.3 Å². The van der Waals surface area contributed by atoms with Crippen LogP contribution in [0.3, 0.4) is 0 Å². The van der Waals surface area contributed by atoms with Gasteiger partial charge in [0.15, 0.2) is 0 Å². The Bertz CT molecular complexity index is 731. The Kier molecular flexibility index (Phi) is 4.23. The average Bonchev–Trinajstić information content (AvgIpc) is 2.80. The molecule has 5 nitrogen and oxygen atoms in total. The summed E-state index contributed by atoms with van der Waals surface area (Å²) in [5.74, 6) is 0.335. The van der Waals surface area contributed by atoms with Gasteiger partial charge in [-0.05, 0) is 48.8 Å². The van der Waals surface area contributed by atoms with Crippen LogP contribution in [0.25, 0.3) is 10.2 Å². The Balaban J connectivity index is 2.11. The molecule has 2 unspecified atom stereocenters. The lowest BCUT2D eigenvalue weighted by Crippen LogP contribution is -2.29. The summed E-state index contributed by atoms with van der Waals surface area (Å²) in [4.78, 5) is 22.1. The fourth-order valence-corrected chi connectivity index (χ4v) is 4.53. The number of aryl methyl sites for hydroxylation is 1. The highest BCUT2D eigenvalue weighted by molar-refractivity contribution is 7.19. The fraction of sp³-hybridized carbons (Fsp3) is 0.533. The zero-order valence-electron chi connectivity index (χ0n) is 12.5. The zero-order chi connectivity index (χ0) is 15.9. The van der Waals surface area contributed by atoms with Crippen molar-refractivity contribution in [3.8, 4) is 0 Å². The van der Waals surface area contributed by atoms with Crippen molar-refractivity contribution in [2.24, 2.45) is 5.92 Å². The molecule has 0 amide bonds. The predicted molar refractivity (Wildman–Crippen MR) is 89.0 cm³/mol. The molecule has 7 heteroatoms. The topological polar surface area (TPSA) is 75.1 Å². The molecule has 22 heavy (non-hydrogen) atoms. The minimum Gasteiger partial charge on any atom is -0.480 e. The summed E-state index contributed by atoms with van der Waals surface area (Å²) >= 11 is 7.67. The van der Waals surface area contributed by atoms with Crippen molar-refractivity contribution in [3.63, 3.8) is 0 Å². The molecule has 0 spiro atoms. The van der Waals surface area contributed by atoms with Gasteiger partial charge in [0.25, 0.3) is 0 Å². The lowest BCUT2D eigenvalue weighted by atomic mass is 9.89. The monoisotopic (exact) mass is 339 g/mol. The zero-order valence-corrected chi connectivity index (χ0v) is 14.1. The third kappa shape index (κ3) is 2.77. The van der Waals surface area contributed by atoms with Crippen molar-refractivity contribution in [1.82, 2.24) is 9.97 Å². The van der Waals surface area contributed by atoms with Crippen LogP contribution in [0.5, 0.6) is 0 Å². The first kappa shape index (κ1) is 15.5. The van der Waals surface area contributed by atoms with E-state index < -0.39 is 12.0 Å². The predicted octanol–water partition coefficient (Wildman–Crippen LogP) is 3.74. The second-order valence-corrected chi connectivity index (χ2v) is 7.24. The number of thiophene rings is 1. The number of fused-ring (bicyclic) bond motifs is 3. The second-order valence-electron chi connectivity index (χ2n) is 5.82. The molecular formula is C15H18ClN3O2S. The van der Waals surface area contributed by atoms with E-state index in [1.165, 1.54) is 10.4 Å². The number of carboxylic acids is 1. The van der Waals surface area contributed by atoms with Crippen LogP contribution in [-0.4, -0.2) is 27.1 Å². The SMILES string of the molecule is CCC(Nc1nc(Cl)nc2sc3c(c12)CCC(C)C3)C(=O)O. The van der Waals surface area contributed by atoms with Gasteiger partial charge in [0.1, 0.15) is 16.7 Å². The standard InChI is InChI=1S/C15H18ClN3O2S/c1-3-9(14(20)21)17-12-11-8-5-4-7(2)6-10(8)22-13(11)19-15(16)18-12/h7,9H,3-6H2,1-2H3,(H,20,21)(H,17,18,19). The number of aliphatic carboxylic acids is 1. The van der Waals surface area contributed by atoms with Crippen LogP contribution in [0.1, 0.15) is 37.1 Å². The molecule has 0 aromatic carbocycles. The van der Waals surface area contributed by atoms with Crippen molar-refractivity contribution in [2.75, 3.05) is 5.32 Å². The largest absolute Gasteiger partial charge is 0.480 e. The van der Waals surface area contributed by atoms with Crippen molar-refractivity contribution in [1.29, 1.82) is 0 Å². The highest BCUT2D eigenvalue weighted by Crippen LogP contribution is 2.40. The highest BCUT2D eigenvalue weighted by Gasteiger charge is 2.25. The molecule has 0 radical (unpaired) electrons. The lowest BCUT2D eigenvalue weighted by Gasteiger charge is -2.19. The molecule has 1 aliphatic carbocycles. The van der Waals surface area contributed by atoms with Gasteiger partial charge in [0.05, 0.1) is 5.39 Å². The van der Waals surface area contributed by atoms with Gasteiger partial charge < -0.3 is 10.4 Å². The van der Waals surface area contributed by atoms with E-state index in [2.05, 4.69) is 22.2 Å². The van der Waals surface area contributed by atoms with Crippen LogP contribution >= 0.6 is 22.9 Å². The van der Waals surface area contributed by atoms with E-state index in [1.807, 2.05) is 6.92 Å². The van der Waals surface area contributed by atoms with Gasteiger partial charge in [-0.15, -0.1) is 11.3 Å². The smallest absolute Gasteiger partial charge is 0.326 e. The minimum absolute atomic E-state index is 0.155. The summed E-state index contributed by atoms with van der Waals surface area (Å²) in [7, 11) is 0. The molecular weight excluding hydrogens is 322 g/mol. The van der Waals surface area contributed by atoms with Crippen molar-refractivity contribution in [2.45, 2.75) is 45.6 Å². The van der Waals surface area contributed by atoms with E-state index in [-0.39, 0.29) is 5.28 Å². The molecule has 2 N–H and O–H groups in total. The summed E-state index contributed by atoms with van der Waals surface area (Å²) in [6.45, 7) is 4.08. The average molecular weight is 340 g/mol. The Labute approximate surface area is 137 Å². The summed E-state index contributed by atoms with van der Waals surface area (Å²) < 4.78 is 0. The maximum absolute atomic E-state index is 11.3. The maximum Gasteiger partial charge on any atom is 0.326 e. The van der Waals surface area contributed by atoms with Crippen LogP contribution in [0, 0.1) is 5.92 Å². The quantitative estimate of drug-likeness (QED) is 0.830. The molecule has 0 saturated heterocycles. The number of carboxylic acid groups (broad SMARTS) is 1. The number of hydrogen-bond donors (Lipinski definition) is 2. The van der Waals surface area contributed by atoms with Crippen LogP contribution in [0.15, 0.2) is 0 Å².